The summed E-state index contributed by atoms with van der Waals surface area (Å²) in [5, 5.41) is 9.21. The number of amides is 1. The van der Waals surface area contributed by atoms with Crippen molar-refractivity contribution in [3.8, 4) is 0 Å². The molecule has 0 atom stereocenters. The average Bonchev–Trinajstić information content (AvgIpc) is 2.65. The van der Waals surface area contributed by atoms with Gasteiger partial charge in [-0.1, -0.05) is 34.1 Å². The molecular weight excluding hydrogens is 538 g/mol. The van der Waals surface area contributed by atoms with Crippen LogP contribution in [0.5, 0.6) is 0 Å². The number of rotatable bonds is 7. The van der Waals surface area contributed by atoms with Crippen molar-refractivity contribution >= 4 is 57.5 Å². The molecule has 0 aliphatic carbocycles. The summed E-state index contributed by atoms with van der Waals surface area (Å²) < 4.78 is 13.8. The van der Waals surface area contributed by atoms with Gasteiger partial charge in [0.25, 0.3) is 0 Å². The zero-order valence-corrected chi connectivity index (χ0v) is 19.8. The largest absolute Gasteiger partial charge is 0.356 e. The number of carbonyl (C=O) groups is 1. The first-order chi connectivity index (χ1) is 13.0. The first-order valence-corrected chi connectivity index (χ1v) is 9.52. The number of nitrogens with zero attached hydrogens (tertiary/aromatic N) is 1. The number of hydrogen-bond acceptors (Lipinski definition) is 2. The summed E-state index contributed by atoms with van der Waals surface area (Å²) in [6.07, 6.45) is 1.08. The third-order valence-electron chi connectivity index (χ3n) is 3.96. The highest BCUT2D eigenvalue weighted by Crippen LogP contribution is 2.20. The van der Waals surface area contributed by atoms with E-state index in [0.717, 1.165) is 27.7 Å². The number of guanidine groups is 1. The van der Waals surface area contributed by atoms with E-state index in [0.29, 0.717) is 25.5 Å². The molecule has 0 radical (unpaired) electrons. The van der Waals surface area contributed by atoms with Crippen molar-refractivity contribution in [1.82, 2.24) is 10.6 Å². The average molecular weight is 563 g/mol. The van der Waals surface area contributed by atoms with Gasteiger partial charge in [0.05, 0.1) is 0 Å². The maximum atomic E-state index is 12.9. The molecule has 2 aromatic carbocycles. The number of carbonyl (C=O) groups excluding carboxylic acids is 1. The van der Waals surface area contributed by atoms with Crippen molar-refractivity contribution < 1.29 is 9.18 Å². The first-order valence-electron chi connectivity index (χ1n) is 8.73. The zero-order chi connectivity index (χ0) is 19.6. The molecule has 28 heavy (non-hydrogen) atoms. The van der Waals surface area contributed by atoms with Gasteiger partial charge >= 0.3 is 0 Å². The second-order valence-electron chi connectivity index (χ2n) is 6.06. The minimum Gasteiger partial charge on any atom is -0.356 e. The fraction of sp³-hybridized carbons (Fsp3) is 0.300. The van der Waals surface area contributed by atoms with Gasteiger partial charge in [0.1, 0.15) is 5.82 Å². The molecule has 0 fully saturated rings. The number of aryl methyl sites for hydroxylation is 1. The van der Waals surface area contributed by atoms with Gasteiger partial charge in [-0.25, -0.2) is 4.39 Å². The molecular formula is C20H25BrFIN4O. The van der Waals surface area contributed by atoms with Crippen LogP contribution in [0, 0.1) is 12.7 Å². The molecule has 0 aliphatic heterocycles. The van der Waals surface area contributed by atoms with Crippen LogP contribution in [-0.4, -0.2) is 32.0 Å². The molecule has 2 rings (SSSR count). The molecule has 0 heterocycles. The van der Waals surface area contributed by atoms with Crippen molar-refractivity contribution in [2.45, 2.75) is 19.8 Å². The van der Waals surface area contributed by atoms with Crippen molar-refractivity contribution in [2.24, 2.45) is 4.99 Å². The SMILES string of the molecule is CN=C(NCCC(=O)Nc1cc(Br)ccc1C)NCCc1ccc(F)cc1.I. The van der Waals surface area contributed by atoms with Gasteiger partial charge in [-0.05, 0) is 48.7 Å². The van der Waals surface area contributed by atoms with E-state index in [-0.39, 0.29) is 35.7 Å². The quantitative estimate of drug-likeness (QED) is 0.268. The Kier molecular flexibility index (Phi) is 11.1. The highest BCUT2D eigenvalue weighted by Gasteiger charge is 2.06. The highest BCUT2D eigenvalue weighted by molar-refractivity contribution is 14.0. The normalized spacial score (nSPS) is 10.8. The van der Waals surface area contributed by atoms with Crippen LogP contribution < -0.4 is 16.0 Å². The molecule has 0 saturated carbocycles. The van der Waals surface area contributed by atoms with E-state index in [1.54, 1.807) is 19.2 Å². The van der Waals surface area contributed by atoms with Crippen LogP contribution in [0.2, 0.25) is 0 Å². The van der Waals surface area contributed by atoms with Gasteiger partial charge in [-0.2, -0.15) is 0 Å². The van der Waals surface area contributed by atoms with Gasteiger partial charge in [-0.15, -0.1) is 24.0 Å². The smallest absolute Gasteiger partial charge is 0.226 e. The maximum Gasteiger partial charge on any atom is 0.226 e. The van der Waals surface area contributed by atoms with Crippen LogP contribution in [-0.2, 0) is 11.2 Å². The summed E-state index contributed by atoms with van der Waals surface area (Å²) in [7, 11) is 1.68. The van der Waals surface area contributed by atoms with E-state index in [1.807, 2.05) is 25.1 Å². The van der Waals surface area contributed by atoms with E-state index < -0.39 is 0 Å². The summed E-state index contributed by atoms with van der Waals surface area (Å²) in [6.45, 7) is 3.08. The summed E-state index contributed by atoms with van der Waals surface area (Å²) in [6, 6.07) is 12.2. The summed E-state index contributed by atoms with van der Waals surface area (Å²) in [5.41, 5.74) is 2.86. The van der Waals surface area contributed by atoms with Crippen LogP contribution in [0.15, 0.2) is 51.9 Å². The van der Waals surface area contributed by atoms with Gasteiger partial charge in [0, 0.05) is 36.7 Å². The zero-order valence-electron chi connectivity index (χ0n) is 15.9. The van der Waals surface area contributed by atoms with E-state index >= 15 is 0 Å². The van der Waals surface area contributed by atoms with E-state index in [1.165, 1.54) is 12.1 Å². The maximum absolute atomic E-state index is 12.9. The lowest BCUT2D eigenvalue weighted by Crippen LogP contribution is -2.39. The third-order valence-corrected chi connectivity index (χ3v) is 4.45. The third kappa shape index (κ3) is 8.55. The summed E-state index contributed by atoms with van der Waals surface area (Å²) >= 11 is 3.41. The van der Waals surface area contributed by atoms with E-state index in [2.05, 4.69) is 36.9 Å². The van der Waals surface area contributed by atoms with E-state index in [9.17, 15) is 9.18 Å². The van der Waals surface area contributed by atoms with Gasteiger partial charge in [0.15, 0.2) is 5.96 Å². The Labute approximate surface area is 190 Å². The van der Waals surface area contributed by atoms with Crippen molar-refractivity contribution in [2.75, 3.05) is 25.5 Å². The molecule has 0 spiro atoms. The molecule has 2 aromatic rings. The molecule has 8 heteroatoms. The Morgan fingerprint density at radius 2 is 1.79 bits per heavy atom. The Morgan fingerprint density at radius 3 is 2.46 bits per heavy atom. The van der Waals surface area contributed by atoms with Crippen molar-refractivity contribution in [1.29, 1.82) is 0 Å². The highest BCUT2D eigenvalue weighted by atomic mass is 127. The molecule has 0 unspecified atom stereocenters. The van der Waals surface area contributed by atoms with Gasteiger partial charge in [-0.3, -0.25) is 9.79 Å². The lowest BCUT2D eigenvalue weighted by Gasteiger charge is -2.12. The second kappa shape index (κ2) is 12.7. The van der Waals surface area contributed by atoms with E-state index in [4.69, 9.17) is 0 Å². The van der Waals surface area contributed by atoms with Crippen molar-refractivity contribution in [3.63, 3.8) is 0 Å². The first kappa shape index (κ1) is 24.4. The lowest BCUT2D eigenvalue weighted by molar-refractivity contribution is -0.116. The number of anilines is 1. The van der Waals surface area contributed by atoms with Crippen LogP contribution in [0.4, 0.5) is 10.1 Å². The number of halogens is 3. The standard InChI is InChI=1S/C20H24BrFN4O.HI/c1-14-3-6-16(21)13-18(14)26-19(27)10-12-25-20(23-2)24-11-9-15-4-7-17(22)8-5-15;/h3-8,13H,9-12H2,1-2H3,(H,26,27)(H2,23,24,25);1H. The van der Waals surface area contributed by atoms with Gasteiger partial charge < -0.3 is 16.0 Å². The summed E-state index contributed by atoms with van der Waals surface area (Å²) in [5.74, 6) is 0.328. The monoisotopic (exact) mass is 562 g/mol. The number of aliphatic imine (C=N–C) groups is 1. The molecule has 5 nitrogen and oxygen atoms in total. The number of benzene rings is 2. The lowest BCUT2D eigenvalue weighted by atomic mass is 10.1. The minimum atomic E-state index is -0.236. The number of hydrogen-bond donors (Lipinski definition) is 3. The van der Waals surface area contributed by atoms with Crippen LogP contribution in [0.1, 0.15) is 17.5 Å². The molecule has 0 aromatic heterocycles. The minimum absolute atomic E-state index is 0. The molecule has 1 amide bonds. The molecule has 152 valence electrons. The predicted molar refractivity (Wildman–Crippen MR) is 127 cm³/mol. The fourth-order valence-corrected chi connectivity index (χ4v) is 2.79. The molecule has 0 saturated heterocycles. The van der Waals surface area contributed by atoms with Gasteiger partial charge in [0.2, 0.25) is 5.91 Å². The molecule has 0 bridgehead atoms. The Bertz CT molecular complexity index is 799. The summed E-state index contributed by atoms with van der Waals surface area (Å²) in [4.78, 5) is 16.3. The Balaban J connectivity index is 0.00000392. The molecule has 3 N–H and O–H groups in total. The Morgan fingerprint density at radius 1 is 1.11 bits per heavy atom. The topological polar surface area (TPSA) is 65.5 Å². The van der Waals surface area contributed by atoms with Crippen LogP contribution in [0.3, 0.4) is 0 Å². The molecule has 0 aliphatic rings. The predicted octanol–water partition coefficient (Wildman–Crippen LogP) is 4.25. The van der Waals surface area contributed by atoms with Crippen LogP contribution in [0.25, 0.3) is 0 Å². The second-order valence-corrected chi connectivity index (χ2v) is 6.98. The van der Waals surface area contributed by atoms with Crippen LogP contribution >= 0.6 is 39.9 Å². The van der Waals surface area contributed by atoms with Crippen molar-refractivity contribution in [3.05, 3.63) is 63.9 Å². The Hall–Kier alpha value is -1.68. The fourth-order valence-electron chi connectivity index (χ4n) is 2.43. The number of nitrogens with one attached hydrogen (secondary N) is 3.